The number of hydrogen-bond acceptors (Lipinski definition) is 3. The number of aryl methyl sites for hydroxylation is 1. The molecule has 106 valence electrons. The minimum Gasteiger partial charge on any atom is -0.397 e. The van der Waals surface area contributed by atoms with Crippen LogP contribution in [0.2, 0.25) is 0 Å². The highest BCUT2D eigenvalue weighted by atomic mass is 79.9. The van der Waals surface area contributed by atoms with Crippen LogP contribution in [-0.4, -0.2) is 11.5 Å². The molecule has 0 aliphatic heterocycles. The van der Waals surface area contributed by atoms with Crippen molar-refractivity contribution in [1.82, 2.24) is 4.98 Å². The first-order valence-corrected chi connectivity index (χ1v) is 7.40. The fourth-order valence-electron chi connectivity index (χ4n) is 2.09. The summed E-state index contributed by atoms with van der Waals surface area (Å²) in [5.41, 5.74) is 8.80. The zero-order valence-electron chi connectivity index (χ0n) is 12.1. The Bertz CT molecular complexity index is 591. The minimum atomic E-state index is 0.0240. The molecule has 3 nitrogen and oxygen atoms in total. The first-order valence-electron chi connectivity index (χ1n) is 6.60. The molecule has 0 radical (unpaired) electrons. The average Bonchev–Trinajstić information content (AvgIpc) is 2.38. The second kappa shape index (κ2) is 5.83. The highest BCUT2D eigenvalue weighted by Gasteiger charge is 2.20. The normalized spacial score (nSPS) is 11.4. The third kappa shape index (κ3) is 3.51. The van der Waals surface area contributed by atoms with Crippen LogP contribution < -0.4 is 11.1 Å². The van der Waals surface area contributed by atoms with Gasteiger partial charge in [0.25, 0.3) is 0 Å². The van der Waals surface area contributed by atoms with Crippen LogP contribution >= 0.6 is 15.9 Å². The number of nitrogens with zero attached hydrogens (tertiary/aromatic N) is 1. The van der Waals surface area contributed by atoms with Gasteiger partial charge in [-0.05, 0) is 36.2 Å². The number of benzene rings is 1. The van der Waals surface area contributed by atoms with E-state index in [0.717, 1.165) is 22.4 Å². The van der Waals surface area contributed by atoms with Gasteiger partial charge >= 0.3 is 0 Å². The molecule has 0 saturated carbocycles. The van der Waals surface area contributed by atoms with E-state index in [1.165, 1.54) is 5.56 Å². The molecule has 3 N–H and O–H groups in total. The van der Waals surface area contributed by atoms with Gasteiger partial charge in [-0.25, -0.2) is 4.98 Å². The van der Waals surface area contributed by atoms with E-state index >= 15 is 0 Å². The van der Waals surface area contributed by atoms with Crippen molar-refractivity contribution in [2.24, 2.45) is 0 Å². The van der Waals surface area contributed by atoms with E-state index in [0.29, 0.717) is 5.69 Å². The van der Waals surface area contributed by atoms with Gasteiger partial charge in [-0.1, -0.05) is 41.9 Å². The summed E-state index contributed by atoms with van der Waals surface area (Å²) in [4.78, 5) is 4.35. The Kier molecular flexibility index (Phi) is 4.33. The highest BCUT2D eigenvalue weighted by Crippen LogP contribution is 2.25. The van der Waals surface area contributed by atoms with Crippen LogP contribution in [0.5, 0.6) is 0 Å². The first kappa shape index (κ1) is 14.9. The van der Waals surface area contributed by atoms with Gasteiger partial charge in [0.05, 0.1) is 11.9 Å². The first-order chi connectivity index (χ1) is 9.38. The maximum absolute atomic E-state index is 5.72. The molecule has 4 heteroatoms. The molecule has 1 heterocycles. The van der Waals surface area contributed by atoms with Crippen molar-refractivity contribution in [2.45, 2.75) is 26.2 Å². The van der Waals surface area contributed by atoms with Crippen molar-refractivity contribution in [3.63, 3.8) is 0 Å². The van der Waals surface area contributed by atoms with E-state index in [4.69, 9.17) is 5.73 Å². The topological polar surface area (TPSA) is 50.9 Å². The molecule has 0 saturated heterocycles. The number of nitrogens with one attached hydrogen (secondary N) is 1. The largest absolute Gasteiger partial charge is 0.397 e. The summed E-state index contributed by atoms with van der Waals surface area (Å²) < 4.78 is 1.10. The molecule has 20 heavy (non-hydrogen) atoms. The van der Waals surface area contributed by atoms with Crippen LogP contribution in [0, 0.1) is 6.92 Å². The number of nitrogen functional groups attached to an aromatic ring is 1. The minimum absolute atomic E-state index is 0.0240. The van der Waals surface area contributed by atoms with Crippen molar-refractivity contribution in [3.05, 3.63) is 52.1 Å². The summed E-state index contributed by atoms with van der Waals surface area (Å²) in [5.74, 6) is 0.893. The zero-order valence-corrected chi connectivity index (χ0v) is 13.7. The number of nitrogens with two attached hydrogens (primary N) is 1. The molecule has 1 aromatic carbocycles. The van der Waals surface area contributed by atoms with Crippen LogP contribution in [-0.2, 0) is 5.41 Å². The van der Waals surface area contributed by atoms with Crippen molar-refractivity contribution in [3.8, 4) is 0 Å². The van der Waals surface area contributed by atoms with Crippen molar-refractivity contribution in [2.75, 3.05) is 17.6 Å². The number of rotatable bonds is 4. The fraction of sp³-hybridized carbons (Fsp3) is 0.312. The smallest absolute Gasteiger partial charge is 0.129 e. The van der Waals surface area contributed by atoms with Gasteiger partial charge in [0, 0.05) is 16.4 Å². The maximum atomic E-state index is 5.72. The predicted octanol–water partition coefficient (Wildman–Crippen LogP) is 4.12. The quantitative estimate of drug-likeness (QED) is 0.884. The Labute approximate surface area is 128 Å². The van der Waals surface area contributed by atoms with Crippen molar-refractivity contribution in [1.29, 1.82) is 0 Å². The molecular weight excluding hydrogens is 314 g/mol. The van der Waals surface area contributed by atoms with Crippen LogP contribution in [0.15, 0.2) is 41.0 Å². The van der Waals surface area contributed by atoms with E-state index in [9.17, 15) is 0 Å². The third-order valence-corrected chi connectivity index (χ3v) is 3.95. The van der Waals surface area contributed by atoms with Crippen molar-refractivity contribution >= 4 is 27.4 Å². The number of anilines is 2. The summed E-state index contributed by atoms with van der Waals surface area (Å²) in [5, 5.41) is 3.42. The second-order valence-corrected chi connectivity index (χ2v) is 6.59. The Morgan fingerprint density at radius 1 is 1.25 bits per heavy atom. The summed E-state index contributed by atoms with van der Waals surface area (Å²) in [6.45, 7) is 7.26. The second-order valence-electron chi connectivity index (χ2n) is 5.68. The lowest BCUT2D eigenvalue weighted by Gasteiger charge is -2.26. The lowest BCUT2D eigenvalue weighted by atomic mass is 9.84. The summed E-state index contributed by atoms with van der Waals surface area (Å²) >= 11 is 3.47. The van der Waals surface area contributed by atoms with E-state index < -0.39 is 0 Å². The summed E-state index contributed by atoms with van der Waals surface area (Å²) in [6, 6.07) is 10.4. The third-order valence-electron chi connectivity index (χ3n) is 3.42. The number of halogens is 1. The molecular formula is C16H20BrN3. The van der Waals surface area contributed by atoms with Gasteiger partial charge in [0.15, 0.2) is 0 Å². The monoisotopic (exact) mass is 333 g/mol. The number of aromatic nitrogens is 1. The molecule has 0 amide bonds. The van der Waals surface area contributed by atoms with Gasteiger partial charge < -0.3 is 11.1 Å². The van der Waals surface area contributed by atoms with Crippen LogP contribution in [0.3, 0.4) is 0 Å². The standard InChI is InChI=1S/C16H20BrN3/c1-11-8-14(18)9-19-15(11)20-10-16(2,3)12-4-6-13(17)7-5-12/h4-9H,10,18H2,1-3H3,(H,19,20). The predicted molar refractivity (Wildman–Crippen MR) is 89.0 cm³/mol. The molecule has 1 aromatic heterocycles. The summed E-state index contributed by atoms with van der Waals surface area (Å²) in [6.07, 6.45) is 1.68. The zero-order chi connectivity index (χ0) is 14.8. The Balaban J connectivity index is 2.10. The fourth-order valence-corrected chi connectivity index (χ4v) is 2.35. The SMILES string of the molecule is Cc1cc(N)cnc1NCC(C)(C)c1ccc(Br)cc1. The van der Waals surface area contributed by atoms with E-state index in [1.807, 2.05) is 13.0 Å². The highest BCUT2D eigenvalue weighted by molar-refractivity contribution is 9.10. The maximum Gasteiger partial charge on any atom is 0.129 e. The molecule has 0 unspecified atom stereocenters. The van der Waals surface area contributed by atoms with E-state index in [1.54, 1.807) is 6.20 Å². The average molecular weight is 334 g/mol. The molecule has 0 aliphatic carbocycles. The molecule has 2 aromatic rings. The lowest BCUT2D eigenvalue weighted by molar-refractivity contribution is 0.556. The molecule has 0 atom stereocenters. The molecule has 0 fully saturated rings. The Morgan fingerprint density at radius 2 is 1.90 bits per heavy atom. The molecule has 0 aliphatic rings. The van der Waals surface area contributed by atoms with Gasteiger partial charge in [0.2, 0.25) is 0 Å². The van der Waals surface area contributed by atoms with Crippen LogP contribution in [0.4, 0.5) is 11.5 Å². The van der Waals surface area contributed by atoms with Gasteiger partial charge in [-0.2, -0.15) is 0 Å². The number of pyridine rings is 1. The molecule has 2 rings (SSSR count). The van der Waals surface area contributed by atoms with Crippen molar-refractivity contribution < 1.29 is 0 Å². The van der Waals surface area contributed by atoms with E-state index in [2.05, 4.69) is 64.3 Å². The van der Waals surface area contributed by atoms with E-state index in [-0.39, 0.29) is 5.41 Å². The molecule has 0 spiro atoms. The Hall–Kier alpha value is -1.55. The molecule has 0 bridgehead atoms. The van der Waals surface area contributed by atoms with Gasteiger partial charge in [0.1, 0.15) is 5.82 Å². The Morgan fingerprint density at radius 3 is 2.50 bits per heavy atom. The number of hydrogen-bond donors (Lipinski definition) is 2. The van der Waals surface area contributed by atoms with Crippen LogP contribution in [0.1, 0.15) is 25.0 Å². The van der Waals surface area contributed by atoms with Crippen LogP contribution in [0.25, 0.3) is 0 Å². The lowest BCUT2D eigenvalue weighted by Crippen LogP contribution is -2.28. The summed E-state index contributed by atoms with van der Waals surface area (Å²) in [7, 11) is 0. The van der Waals surface area contributed by atoms with Gasteiger partial charge in [-0.15, -0.1) is 0 Å². The van der Waals surface area contributed by atoms with Gasteiger partial charge in [-0.3, -0.25) is 0 Å².